The van der Waals surface area contributed by atoms with Crippen LogP contribution in [0.25, 0.3) is 0 Å². The Kier molecular flexibility index (Phi) is 7.66. The van der Waals surface area contributed by atoms with E-state index in [4.69, 9.17) is 16.3 Å². The van der Waals surface area contributed by atoms with Crippen molar-refractivity contribution in [3.8, 4) is 11.6 Å². The topological polar surface area (TPSA) is 128 Å². The van der Waals surface area contributed by atoms with Gasteiger partial charge in [0.15, 0.2) is 0 Å². The lowest BCUT2D eigenvalue weighted by atomic mass is 10.2. The molecule has 2 aromatic heterocycles. The van der Waals surface area contributed by atoms with Crippen molar-refractivity contribution in [1.29, 1.82) is 0 Å². The maximum atomic E-state index is 13.2. The van der Waals surface area contributed by atoms with E-state index in [-0.39, 0.29) is 12.5 Å². The quantitative estimate of drug-likeness (QED) is 0.331. The maximum absolute atomic E-state index is 13.2. The summed E-state index contributed by atoms with van der Waals surface area (Å²) in [5.41, 5.74) is 0.258. The Morgan fingerprint density at radius 1 is 1.08 bits per heavy atom. The molecule has 11 heteroatoms. The molecular weight excluding hydrogens is 484 g/mol. The fourth-order valence-corrected chi connectivity index (χ4v) is 3.27. The first kappa shape index (κ1) is 24.6. The van der Waals surface area contributed by atoms with E-state index in [0.717, 1.165) is 5.56 Å². The molecule has 0 aliphatic carbocycles. The molecule has 0 spiro atoms. The van der Waals surface area contributed by atoms with E-state index in [1.807, 2.05) is 6.07 Å². The molecular formula is C25H21ClN6O4. The number of amides is 1. The summed E-state index contributed by atoms with van der Waals surface area (Å²) < 4.78 is 6.98. The van der Waals surface area contributed by atoms with Crippen molar-refractivity contribution in [2.45, 2.75) is 19.5 Å². The molecule has 1 amide bonds. The molecule has 2 heterocycles. The zero-order valence-corrected chi connectivity index (χ0v) is 19.8. The third-order valence-corrected chi connectivity index (χ3v) is 5.20. The number of hydrogen-bond donors (Lipinski definition) is 2. The monoisotopic (exact) mass is 504 g/mol. The predicted molar refractivity (Wildman–Crippen MR) is 134 cm³/mol. The fourth-order valence-electron chi connectivity index (χ4n) is 3.15. The van der Waals surface area contributed by atoms with Gasteiger partial charge in [0.25, 0.3) is 11.5 Å². The summed E-state index contributed by atoms with van der Waals surface area (Å²) in [6.45, 7) is 1.58. The lowest BCUT2D eigenvalue weighted by Crippen LogP contribution is -2.40. The molecule has 0 saturated heterocycles. The second kappa shape index (κ2) is 11.2. The number of hydrogen-bond acceptors (Lipinski definition) is 8. The van der Waals surface area contributed by atoms with Crippen LogP contribution in [0.2, 0.25) is 5.02 Å². The molecule has 0 saturated carbocycles. The summed E-state index contributed by atoms with van der Waals surface area (Å²) in [5.74, 6) is 0.353. The van der Waals surface area contributed by atoms with Crippen LogP contribution >= 0.6 is 11.6 Å². The number of nitrogens with zero attached hydrogens (tertiary/aromatic N) is 4. The van der Waals surface area contributed by atoms with E-state index in [1.54, 1.807) is 66.9 Å². The lowest BCUT2D eigenvalue weighted by molar-refractivity contribution is -0.109. The van der Waals surface area contributed by atoms with Gasteiger partial charge in [0.05, 0.1) is 12.6 Å². The number of ether oxygens (including phenoxy) is 1. The summed E-state index contributed by atoms with van der Waals surface area (Å²) in [5, 5.41) is 13.9. The van der Waals surface area contributed by atoms with Crippen LogP contribution in [0.1, 0.15) is 23.0 Å². The van der Waals surface area contributed by atoms with Gasteiger partial charge >= 0.3 is 0 Å². The van der Waals surface area contributed by atoms with Crippen LogP contribution in [0.4, 0.5) is 11.6 Å². The first-order valence-corrected chi connectivity index (χ1v) is 11.2. The average molecular weight is 505 g/mol. The molecule has 2 aromatic carbocycles. The third kappa shape index (κ3) is 6.10. The molecule has 1 atom stereocenters. The van der Waals surface area contributed by atoms with Gasteiger partial charge in [0.1, 0.15) is 12.0 Å². The summed E-state index contributed by atoms with van der Waals surface area (Å²) in [6, 6.07) is 18.4. The zero-order valence-electron chi connectivity index (χ0n) is 19.1. The van der Waals surface area contributed by atoms with E-state index in [0.29, 0.717) is 28.6 Å². The van der Waals surface area contributed by atoms with E-state index in [1.165, 1.54) is 11.5 Å². The van der Waals surface area contributed by atoms with Crippen molar-refractivity contribution in [2.75, 3.05) is 5.32 Å². The van der Waals surface area contributed by atoms with Crippen LogP contribution < -0.4 is 20.9 Å². The average Bonchev–Trinajstić information content (AvgIpc) is 2.89. The zero-order chi connectivity index (χ0) is 25.5. The minimum Gasteiger partial charge on any atom is -0.439 e. The highest BCUT2D eigenvalue weighted by atomic mass is 35.5. The van der Waals surface area contributed by atoms with E-state index in [9.17, 15) is 14.4 Å². The Bertz CT molecular complexity index is 1410. The van der Waals surface area contributed by atoms with Gasteiger partial charge in [-0.25, -0.2) is 4.98 Å². The standard InChI is InChI=1S/C25H21ClN6O4/c1-16(15-33)28-23(34)22-24(35)32(14-17-5-7-18(26)8-6-17)25(31-30-22)29-19-9-11-20(12-10-19)36-21-4-2-3-13-27-21/h2-13,15-16H,14H2,1H3,(H,28,34)(H,29,31)/t16-/m0/s1. The van der Waals surface area contributed by atoms with Gasteiger partial charge in [-0.1, -0.05) is 29.8 Å². The summed E-state index contributed by atoms with van der Waals surface area (Å²) >= 11 is 5.98. The molecule has 2 N–H and O–H groups in total. The summed E-state index contributed by atoms with van der Waals surface area (Å²) in [6.07, 6.45) is 2.18. The molecule has 0 radical (unpaired) electrons. The van der Waals surface area contributed by atoms with E-state index >= 15 is 0 Å². The molecule has 182 valence electrons. The number of aldehydes is 1. The Morgan fingerprint density at radius 3 is 2.50 bits per heavy atom. The molecule has 4 rings (SSSR count). The van der Waals surface area contributed by atoms with Crippen molar-refractivity contribution in [2.24, 2.45) is 0 Å². The Labute approximate surface area is 210 Å². The number of carbonyl (C=O) groups excluding carboxylic acids is 2. The largest absolute Gasteiger partial charge is 0.439 e. The fraction of sp³-hybridized carbons (Fsp3) is 0.120. The highest BCUT2D eigenvalue weighted by molar-refractivity contribution is 6.30. The molecule has 0 aliphatic heterocycles. The molecule has 4 aromatic rings. The SMILES string of the molecule is C[C@@H](C=O)NC(=O)c1nnc(Nc2ccc(Oc3ccccn3)cc2)n(Cc2ccc(Cl)cc2)c1=O. The van der Waals surface area contributed by atoms with E-state index < -0.39 is 23.2 Å². The molecule has 0 aliphatic rings. The van der Waals surface area contributed by atoms with Crippen molar-refractivity contribution >= 4 is 35.4 Å². The first-order valence-electron chi connectivity index (χ1n) is 10.9. The number of aromatic nitrogens is 4. The van der Waals surface area contributed by atoms with Crippen LogP contribution in [-0.2, 0) is 11.3 Å². The Morgan fingerprint density at radius 2 is 1.83 bits per heavy atom. The highest BCUT2D eigenvalue weighted by Crippen LogP contribution is 2.23. The number of benzene rings is 2. The molecule has 0 bridgehead atoms. The highest BCUT2D eigenvalue weighted by Gasteiger charge is 2.20. The van der Waals surface area contributed by atoms with Crippen LogP contribution in [0.5, 0.6) is 11.6 Å². The smallest absolute Gasteiger partial charge is 0.287 e. The van der Waals surface area contributed by atoms with Gasteiger partial charge < -0.3 is 20.2 Å². The first-order chi connectivity index (χ1) is 17.4. The normalized spacial score (nSPS) is 11.4. The van der Waals surface area contributed by atoms with Gasteiger partial charge in [-0.05, 0) is 55.0 Å². The Hall–Kier alpha value is -4.57. The molecule has 0 fully saturated rings. The maximum Gasteiger partial charge on any atom is 0.287 e. The Balaban J connectivity index is 1.62. The van der Waals surface area contributed by atoms with Crippen LogP contribution in [0.15, 0.2) is 77.7 Å². The van der Waals surface area contributed by atoms with Gasteiger partial charge in [0, 0.05) is 23.0 Å². The number of rotatable bonds is 9. The van der Waals surface area contributed by atoms with Gasteiger partial charge in [-0.2, -0.15) is 0 Å². The minimum atomic E-state index is -0.792. The van der Waals surface area contributed by atoms with Crippen LogP contribution in [-0.4, -0.2) is 38.0 Å². The van der Waals surface area contributed by atoms with Gasteiger partial charge in [0.2, 0.25) is 17.5 Å². The van der Waals surface area contributed by atoms with Crippen LogP contribution in [0.3, 0.4) is 0 Å². The second-order valence-electron chi connectivity index (χ2n) is 7.71. The number of carbonyl (C=O) groups is 2. The second-order valence-corrected chi connectivity index (χ2v) is 8.14. The lowest BCUT2D eigenvalue weighted by Gasteiger charge is -2.15. The molecule has 10 nitrogen and oxygen atoms in total. The number of nitrogens with one attached hydrogen (secondary N) is 2. The summed E-state index contributed by atoms with van der Waals surface area (Å²) in [7, 11) is 0. The van der Waals surface area contributed by atoms with E-state index in [2.05, 4.69) is 25.8 Å². The minimum absolute atomic E-state index is 0.0955. The van der Waals surface area contributed by atoms with Crippen LogP contribution in [0, 0.1) is 0 Å². The van der Waals surface area contributed by atoms with Gasteiger partial charge in [-0.15, -0.1) is 10.2 Å². The van der Waals surface area contributed by atoms with Gasteiger partial charge in [-0.3, -0.25) is 14.2 Å². The summed E-state index contributed by atoms with van der Waals surface area (Å²) in [4.78, 5) is 40.8. The third-order valence-electron chi connectivity index (χ3n) is 4.95. The number of pyridine rings is 1. The van der Waals surface area contributed by atoms with Crippen molar-refractivity contribution in [1.82, 2.24) is 25.1 Å². The number of anilines is 2. The van der Waals surface area contributed by atoms with Crippen molar-refractivity contribution in [3.63, 3.8) is 0 Å². The van der Waals surface area contributed by atoms with Crippen molar-refractivity contribution < 1.29 is 14.3 Å². The van der Waals surface area contributed by atoms with Crippen molar-refractivity contribution in [3.05, 3.63) is 99.6 Å². The molecule has 36 heavy (non-hydrogen) atoms. The molecule has 0 unspecified atom stereocenters. The predicted octanol–water partition coefficient (Wildman–Crippen LogP) is 3.59. The number of halogens is 1.